The molecule has 25 nitrogen and oxygen atoms in total. The normalized spacial score (nSPS) is 44.8. The third-order valence-corrected chi connectivity index (χ3v) is 43.2. The van der Waals surface area contributed by atoms with Gasteiger partial charge < -0.3 is 44.5 Å². The molecular formula is C105H179Br3N12O13. The number of rotatable bonds is 17. The molecule has 133 heavy (non-hydrogen) atoms. The number of ketones is 4. The first-order valence-corrected chi connectivity index (χ1v) is 56.2. The number of aromatic amines is 1. The van der Waals surface area contributed by atoms with Crippen molar-refractivity contribution in [1.29, 1.82) is 0 Å². The van der Waals surface area contributed by atoms with Gasteiger partial charge in [0.1, 0.15) is 30.5 Å². The number of methoxy groups -OCH3 is 4. The second-order valence-electron chi connectivity index (χ2n) is 47.9. The Morgan fingerprint density at radius 2 is 0.707 bits per heavy atom. The highest BCUT2D eigenvalue weighted by atomic mass is 80.9. The molecule has 0 radical (unpaired) electrons. The van der Waals surface area contributed by atoms with Gasteiger partial charge in [0.2, 0.25) is 0 Å². The minimum Gasteiger partial charge on any atom is -0.400 e. The van der Waals surface area contributed by atoms with Gasteiger partial charge in [-0.15, -0.1) is 25.5 Å². The Bertz CT molecular complexity index is 4330. The standard InChI is InChI=1S/2C26H42N4O3.C24H39BrO3.C24H40O3.C2H4N4.CH4O.2CH4.Br2/c1-16(33-5)26-13-12-24(3,32)14-18(26)6-7-19-20-8-9-22(25(20,4)11-10-21(19)26)23(31)15-30-17(2)27-28-29-30;1-16(33-5)26-13-12-24(3,32)14-18(26)6-7-19-20-8-9-22(25(20,4)11-10-21(19)26)23(31)15-30-28-17(2)27-29-30;1-15(28-4)24-12-11-22(2,27)13-16(24)5-6-17-18-7-8-20(21(26)14-25)23(18,3)10-9-19(17)24;1-15(25)19-8-9-20-18-7-6-17-14-22(3,26)12-13-24(17,16(2)27-5)21(18)10-11-23(19,20)4;1-2-3-5-6-4-2;1-2;;;1-2/h2*16,18-22,32H,6-15H2,1-5H3;15-20,27H,5-14H2,1-4H3;16-21,26H,6-14H2,1-5H3;1H3,(H,3,4,5,6);2H,1H3;2*1H4;/t2*16?,18-,19+,20+,21+,22-,24-,25+,26-;15?,16-,17+,18+,19+,20-,22-,23+,24-;16?,17-,18+,19-,20+,21+,22-,23-,24-;;;;;/m1111...../s1. The summed E-state index contributed by atoms with van der Waals surface area (Å²) in [6.45, 7) is 34.7. The monoisotopic (exact) mass is 2050 g/mol. The average molecular weight is 2060 g/mol. The molecule has 758 valence electrons. The number of hydrogen-bond acceptors (Lipinski definition) is 22. The predicted molar refractivity (Wildman–Crippen MR) is 530 cm³/mol. The van der Waals surface area contributed by atoms with Crippen LogP contribution in [0.1, 0.15) is 353 Å². The smallest absolute Gasteiger partial charge is 0.171 e. The van der Waals surface area contributed by atoms with Crippen LogP contribution in [0.5, 0.6) is 0 Å². The van der Waals surface area contributed by atoms with E-state index in [0.717, 1.165) is 147 Å². The van der Waals surface area contributed by atoms with Crippen LogP contribution in [0, 0.1) is 182 Å². The maximum absolute atomic E-state index is 13.4. The van der Waals surface area contributed by atoms with Crippen LogP contribution in [-0.2, 0) is 51.2 Å². The molecule has 16 aliphatic rings. The molecule has 0 bridgehead atoms. The van der Waals surface area contributed by atoms with Gasteiger partial charge in [-0.25, -0.2) is 4.68 Å². The number of carbonyl (C=O) groups is 4. The summed E-state index contributed by atoms with van der Waals surface area (Å²) < 4.78 is 25.9. The highest BCUT2D eigenvalue weighted by Gasteiger charge is 2.71. The largest absolute Gasteiger partial charge is 0.400 e. The molecule has 16 aliphatic carbocycles. The fourth-order valence-electron chi connectivity index (χ4n) is 36.6. The van der Waals surface area contributed by atoms with E-state index in [0.29, 0.717) is 130 Å². The number of fused-ring (bicyclic) bond motifs is 20. The molecule has 0 aromatic carbocycles. The number of nitrogens with zero attached hydrogens (tertiary/aromatic N) is 11. The minimum atomic E-state index is -0.545. The van der Waals surface area contributed by atoms with E-state index in [1.54, 1.807) is 18.5 Å². The molecule has 6 N–H and O–H groups in total. The summed E-state index contributed by atoms with van der Waals surface area (Å²) in [6, 6.07) is 0. The molecule has 36 atom stereocenters. The summed E-state index contributed by atoms with van der Waals surface area (Å²) in [4.78, 5) is 53.3. The number of alkyl halides is 1. The number of ether oxygens (including phenoxy) is 4. The molecular weight excluding hydrogens is 1880 g/mol. The number of Topliss-reactive ketones (excluding diaryl/α,β-unsaturated/α-hetero) is 4. The quantitative estimate of drug-likeness (QED) is 0.0684. The van der Waals surface area contributed by atoms with Crippen molar-refractivity contribution < 1.29 is 63.7 Å². The first-order chi connectivity index (χ1) is 62.0. The lowest BCUT2D eigenvalue weighted by atomic mass is 9.42. The van der Waals surface area contributed by atoms with Gasteiger partial charge in [-0.1, -0.05) is 63.7 Å². The zero-order valence-electron chi connectivity index (χ0n) is 84.0. The third-order valence-electron chi connectivity index (χ3n) is 42.6. The van der Waals surface area contributed by atoms with Crippen molar-refractivity contribution >= 4 is 67.3 Å². The summed E-state index contributed by atoms with van der Waals surface area (Å²) in [6.07, 6.45) is 40.6. The van der Waals surface area contributed by atoms with Crippen LogP contribution in [0.2, 0.25) is 0 Å². The lowest BCUT2D eigenvalue weighted by Crippen LogP contribution is -2.60. The predicted octanol–water partition coefficient (Wildman–Crippen LogP) is 20.4. The third kappa shape index (κ3) is 20.2. The molecule has 0 saturated heterocycles. The first kappa shape index (κ1) is 110. The summed E-state index contributed by atoms with van der Waals surface area (Å²) in [7, 11) is 8.48. The summed E-state index contributed by atoms with van der Waals surface area (Å²) >= 11 is 8.94. The summed E-state index contributed by atoms with van der Waals surface area (Å²) in [5.41, 5.74) is -0.819. The molecule has 3 aromatic rings. The maximum atomic E-state index is 13.4. The number of aromatic nitrogens is 12. The van der Waals surface area contributed by atoms with E-state index in [9.17, 15) is 39.6 Å². The Morgan fingerprint density at radius 1 is 0.398 bits per heavy atom. The van der Waals surface area contributed by atoms with E-state index in [-0.39, 0.29) is 119 Å². The number of tetrazole rings is 3. The van der Waals surface area contributed by atoms with Crippen molar-refractivity contribution in [2.24, 2.45) is 162 Å². The van der Waals surface area contributed by atoms with Crippen molar-refractivity contribution in [3.63, 3.8) is 0 Å². The van der Waals surface area contributed by atoms with Crippen LogP contribution in [-0.4, -0.2) is 197 Å². The van der Waals surface area contributed by atoms with E-state index in [4.69, 9.17) is 24.1 Å². The number of aliphatic hydroxyl groups is 5. The lowest BCUT2D eigenvalue weighted by Gasteiger charge is -2.64. The summed E-state index contributed by atoms with van der Waals surface area (Å²) in [5, 5.41) is 87.5. The first-order valence-electron chi connectivity index (χ1n) is 51.4. The Morgan fingerprint density at radius 3 is 0.962 bits per heavy atom. The maximum Gasteiger partial charge on any atom is 0.171 e. The Balaban J connectivity index is 0.000000165. The van der Waals surface area contributed by atoms with Crippen LogP contribution in [0.25, 0.3) is 0 Å². The summed E-state index contributed by atoms with van der Waals surface area (Å²) in [5.74, 6) is 14.4. The lowest BCUT2D eigenvalue weighted by molar-refractivity contribution is -0.199. The van der Waals surface area contributed by atoms with E-state index >= 15 is 0 Å². The fraction of sp³-hybridized carbons (Fsp3) is 0.933. The number of nitrogens with one attached hydrogen (secondary N) is 1. The van der Waals surface area contributed by atoms with Crippen molar-refractivity contribution in [2.75, 3.05) is 40.9 Å². The van der Waals surface area contributed by atoms with Crippen LogP contribution in [0.3, 0.4) is 0 Å². The molecule has 0 aliphatic heterocycles. The van der Waals surface area contributed by atoms with Crippen molar-refractivity contribution in [1.82, 2.24) is 61.0 Å². The molecule has 0 amide bonds. The van der Waals surface area contributed by atoms with Crippen molar-refractivity contribution in [3.05, 3.63) is 17.5 Å². The van der Waals surface area contributed by atoms with E-state index < -0.39 is 22.4 Å². The SMILES string of the molecule is BrBr.C.C.CO.COC(C)[C@]12CC[C@@](C)(O)C[C@H]1CC[C@H]1[C@@H]3CC[C@H](C(=O)CBr)[C@@]3(C)CC[C@@H]12.COC(C)[C@]12CC[C@@](C)(O)C[C@H]1CC[C@H]1[C@@H]3CC[C@H](C(=O)Cn4nnc(C)n4)[C@@]3(C)CC[C@@H]12.COC(C)[C@]12CC[C@@](C)(O)C[C@H]1CC[C@H]1[C@@H]3CC[C@H](C(=O)Cn4nnnc4C)[C@@]3(C)CC[C@@H]12.COC(C)[C@]12CC[C@@](C)(O)C[C@H]1CC[C@H]1[C@@H]3CC[C@H](C(C)=O)[C@@]3(C)CC[C@@H]12.Cc1nn[nH]n1. The molecule has 3 aromatic heterocycles. The minimum absolute atomic E-state index is 0. The zero-order chi connectivity index (χ0) is 95.5. The zero-order valence-corrected chi connectivity index (χ0v) is 88.7. The molecule has 4 unspecified atom stereocenters. The number of H-pyrrole nitrogens is 1. The number of halogens is 3. The highest BCUT2D eigenvalue weighted by Crippen LogP contribution is 2.75. The number of carbonyl (C=O) groups excluding carboxylic acids is 4. The van der Waals surface area contributed by atoms with Crippen LogP contribution in [0.15, 0.2) is 0 Å². The molecule has 19 rings (SSSR count). The van der Waals surface area contributed by atoms with Gasteiger partial charge in [-0.2, -0.15) is 10.0 Å². The highest BCUT2D eigenvalue weighted by molar-refractivity contribution is 9.93. The van der Waals surface area contributed by atoms with Crippen molar-refractivity contribution in [2.45, 2.75) is 417 Å². The fourth-order valence-corrected chi connectivity index (χ4v) is 37.0. The Labute approximate surface area is 823 Å². The molecule has 3 heterocycles. The van der Waals surface area contributed by atoms with Gasteiger partial charge in [0.25, 0.3) is 0 Å². The van der Waals surface area contributed by atoms with Crippen LogP contribution in [0.4, 0.5) is 0 Å². The number of aliphatic hydroxyl groups excluding tert-OH is 1. The molecule has 16 fully saturated rings. The topological polar surface area (TPSA) is 348 Å². The second kappa shape index (κ2) is 43.3. The Kier molecular flexibility index (Phi) is 35.9. The van der Waals surface area contributed by atoms with E-state index in [2.05, 4.69) is 151 Å². The van der Waals surface area contributed by atoms with Gasteiger partial charge in [0, 0.05) is 109 Å². The van der Waals surface area contributed by atoms with Crippen LogP contribution < -0.4 is 0 Å². The second-order valence-corrected chi connectivity index (χ2v) is 48.5. The number of aryl methyl sites for hydroxylation is 3. The van der Waals surface area contributed by atoms with Gasteiger partial charge in [-0.05, 0) is 446 Å². The van der Waals surface area contributed by atoms with Gasteiger partial charge in [-0.3, -0.25) is 19.2 Å². The molecule has 28 heteroatoms. The Hall–Kier alpha value is -3.03. The van der Waals surface area contributed by atoms with Crippen molar-refractivity contribution in [3.8, 4) is 0 Å². The van der Waals surface area contributed by atoms with Gasteiger partial charge in [0.05, 0.1) is 52.2 Å². The molecule has 16 saturated carbocycles. The van der Waals surface area contributed by atoms with E-state index in [1.165, 1.54) is 108 Å². The van der Waals surface area contributed by atoms with E-state index in [1.807, 2.05) is 70.0 Å². The van der Waals surface area contributed by atoms with Gasteiger partial charge in [0.15, 0.2) is 23.2 Å². The van der Waals surface area contributed by atoms with Crippen LogP contribution >= 0.6 is 44.2 Å². The van der Waals surface area contributed by atoms with Gasteiger partial charge >= 0.3 is 0 Å². The molecule has 0 spiro atoms. The number of hydrogen-bond donors (Lipinski definition) is 6. The average Bonchev–Trinajstić information content (AvgIpc) is 1.71.